The zero-order valence-corrected chi connectivity index (χ0v) is 15.6. The van der Waals surface area contributed by atoms with E-state index >= 15 is 0 Å². The monoisotopic (exact) mass is 397 g/mol. The Bertz CT molecular complexity index is 876. The van der Waals surface area contributed by atoms with Crippen LogP contribution in [0.15, 0.2) is 36.5 Å². The van der Waals surface area contributed by atoms with Gasteiger partial charge in [0.1, 0.15) is 5.69 Å². The summed E-state index contributed by atoms with van der Waals surface area (Å²) in [5.74, 6) is -0.407. The van der Waals surface area contributed by atoms with Gasteiger partial charge in [-0.05, 0) is 17.2 Å². The molecule has 2 aromatic rings. The molecule has 1 aromatic carbocycles. The molecule has 26 heavy (non-hydrogen) atoms. The summed E-state index contributed by atoms with van der Waals surface area (Å²) in [6.45, 7) is 1.79. The number of carbonyl (C=O) groups is 1. The average molecular weight is 398 g/mol. The fourth-order valence-electron chi connectivity index (χ4n) is 2.75. The Morgan fingerprint density at radius 2 is 1.92 bits per heavy atom. The molecule has 9 heteroatoms. The number of hydrogen-bond donors (Lipinski definition) is 2. The Labute approximate surface area is 157 Å². The van der Waals surface area contributed by atoms with Gasteiger partial charge >= 0.3 is 0 Å². The maximum atomic E-state index is 12.6. The predicted octanol–water partition coefficient (Wildman–Crippen LogP) is 1.76. The van der Waals surface area contributed by atoms with Gasteiger partial charge in [0.25, 0.3) is 5.91 Å². The van der Waals surface area contributed by atoms with Crippen molar-refractivity contribution in [1.82, 2.24) is 14.6 Å². The first-order chi connectivity index (χ1) is 12.5. The predicted molar refractivity (Wildman–Crippen MR) is 98.4 cm³/mol. The highest BCUT2D eigenvalue weighted by atomic mass is 35.5. The van der Waals surface area contributed by atoms with E-state index in [1.54, 1.807) is 12.1 Å². The maximum absolute atomic E-state index is 12.6. The number of carbonyl (C=O) groups excluding carboxylic acids is 1. The van der Waals surface area contributed by atoms with Gasteiger partial charge < -0.3 is 15.0 Å². The lowest BCUT2D eigenvalue weighted by molar-refractivity contribution is 0.0729. The van der Waals surface area contributed by atoms with E-state index in [1.807, 2.05) is 12.1 Å². The molecule has 1 amide bonds. The van der Waals surface area contributed by atoms with Crippen molar-refractivity contribution in [2.75, 3.05) is 26.3 Å². The van der Waals surface area contributed by atoms with Crippen LogP contribution in [0.1, 0.15) is 21.6 Å². The van der Waals surface area contributed by atoms with Crippen LogP contribution in [0.3, 0.4) is 0 Å². The number of morpholine rings is 1. The van der Waals surface area contributed by atoms with Gasteiger partial charge in [0.2, 0.25) is 10.0 Å². The van der Waals surface area contributed by atoms with Crippen molar-refractivity contribution in [3.05, 3.63) is 58.4 Å². The van der Waals surface area contributed by atoms with Crippen LogP contribution in [0.4, 0.5) is 0 Å². The van der Waals surface area contributed by atoms with Crippen LogP contribution in [-0.2, 0) is 27.1 Å². The lowest BCUT2D eigenvalue weighted by Gasteiger charge is -2.26. The second kappa shape index (κ2) is 8.22. The zero-order valence-electron chi connectivity index (χ0n) is 14.1. The second-order valence-electron chi connectivity index (χ2n) is 5.95. The molecule has 1 aliphatic rings. The van der Waals surface area contributed by atoms with Crippen molar-refractivity contribution >= 4 is 27.5 Å². The van der Waals surface area contributed by atoms with E-state index < -0.39 is 10.0 Å². The number of ether oxygens (including phenoxy) is 1. The number of rotatable bonds is 6. The van der Waals surface area contributed by atoms with Gasteiger partial charge in [0, 0.05) is 25.8 Å². The summed E-state index contributed by atoms with van der Waals surface area (Å²) in [6.07, 6.45) is 1.53. The van der Waals surface area contributed by atoms with E-state index in [0.717, 1.165) is 5.56 Å². The molecule has 1 fully saturated rings. The van der Waals surface area contributed by atoms with Crippen molar-refractivity contribution in [3.8, 4) is 0 Å². The minimum atomic E-state index is -3.43. The van der Waals surface area contributed by atoms with Crippen molar-refractivity contribution in [1.29, 1.82) is 0 Å². The minimum absolute atomic E-state index is 0.104. The number of aromatic nitrogens is 1. The first kappa shape index (κ1) is 18.9. The summed E-state index contributed by atoms with van der Waals surface area (Å²) in [5, 5.41) is 3.23. The van der Waals surface area contributed by atoms with Crippen LogP contribution in [0.25, 0.3) is 0 Å². The van der Waals surface area contributed by atoms with Crippen LogP contribution < -0.4 is 5.32 Å². The van der Waals surface area contributed by atoms with Gasteiger partial charge in [-0.3, -0.25) is 4.79 Å². The van der Waals surface area contributed by atoms with Crippen LogP contribution in [0, 0.1) is 0 Å². The lowest BCUT2D eigenvalue weighted by atomic mass is 10.1. The molecular formula is C17H20ClN3O4S. The first-order valence-corrected chi connectivity index (χ1v) is 10.2. The fraction of sp³-hybridized carbons (Fsp3) is 0.353. The Morgan fingerprint density at radius 3 is 2.58 bits per heavy atom. The van der Waals surface area contributed by atoms with Crippen LogP contribution in [0.5, 0.6) is 0 Å². The van der Waals surface area contributed by atoms with Crippen LogP contribution in [0.2, 0.25) is 5.02 Å². The molecule has 0 aliphatic carbocycles. The summed E-state index contributed by atoms with van der Waals surface area (Å²) < 4.78 is 31.9. The SMILES string of the molecule is O=C(NCc1ccccc1CS(=O)(=O)N1CCOCC1)c1cc(Cl)c[nH]1. The molecule has 0 atom stereocenters. The molecule has 1 saturated heterocycles. The smallest absolute Gasteiger partial charge is 0.268 e. The zero-order chi connectivity index (χ0) is 18.6. The highest BCUT2D eigenvalue weighted by Crippen LogP contribution is 2.17. The molecule has 1 aromatic heterocycles. The molecule has 7 nitrogen and oxygen atoms in total. The second-order valence-corrected chi connectivity index (χ2v) is 8.36. The Kier molecular flexibility index (Phi) is 5.98. The summed E-state index contributed by atoms with van der Waals surface area (Å²) in [7, 11) is -3.43. The highest BCUT2D eigenvalue weighted by Gasteiger charge is 2.25. The Balaban J connectivity index is 1.68. The highest BCUT2D eigenvalue weighted by molar-refractivity contribution is 7.88. The van der Waals surface area contributed by atoms with Crippen LogP contribution in [-0.4, -0.2) is 49.9 Å². The largest absolute Gasteiger partial charge is 0.379 e. The molecule has 2 heterocycles. The standard InChI is InChI=1S/C17H20ClN3O4S/c18-15-9-16(19-11-15)17(22)20-10-13-3-1-2-4-14(13)12-26(23,24)21-5-7-25-8-6-21/h1-4,9,11,19H,5-8,10,12H2,(H,20,22). The first-order valence-electron chi connectivity index (χ1n) is 8.20. The van der Waals surface area contributed by atoms with Gasteiger partial charge in [0.15, 0.2) is 0 Å². The fourth-order valence-corrected chi connectivity index (χ4v) is 4.48. The molecule has 0 saturated carbocycles. The third-order valence-corrected chi connectivity index (χ3v) is 6.20. The molecule has 0 bridgehead atoms. The van der Waals surface area contributed by atoms with Crippen molar-refractivity contribution < 1.29 is 17.9 Å². The molecule has 1 aliphatic heterocycles. The lowest BCUT2D eigenvalue weighted by Crippen LogP contribution is -2.41. The number of halogens is 1. The van der Waals surface area contributed by atoms with E-state index in [-0.39, 0.29) is 18.2 Å². The number of benzene rings is 1. The average Bonchev–Trinajstić information content (AvgIpc) is 3.08. The third-order valence-electron chi connectivity index (χ3n) is 4.15. The van der Waals surface area contributed by atoms with Crippen molar-refractivity contribution in [2.45, 2.75) is 12.3 Å². The third kappa shape index (κ3) is 4.64. The van der Waals surface area contributed by atoms with Crippen molar-refractivity contribution in [2.24, 2.45) is 0 Å². The topological polar surface area (TPSA) is 91.5 Å². The number of aromatic amines is 1. The quantitative estimate of drug-likeness (QED) is 0.777. The Morgan fingerprint density at radius 1 is 1.23 bits per heavy atom. The molecule has 3 rings (SSSR count). The summed E-state index contributed by atoms with van der Waals surface area (Å²) in [6, 6.07) is 8.72. The number of hydrogen-bond acceptors (Lipinski definition) is 4. The van der Waals surface area contributed by atoms with Gasteiger partial charge in [-0.2, -0.15) is 4.31 Å². The van der Waals surface area contributed by atoms with E-state index in [2.05, 4.69) is 10.3 Å². The number of nitrogens with one attached hydrogen (secondary N) is 2. The minimum Gasteiger partial charge on any atom is -0.379 e. The summed E-state index contributed by atoms with van der Waals surface area (Å²) in [5.41, 5.74) is 1.78. The normalized spacial score (nSPS) is 15.7. The van der Waals surface area contributed by atoms with Gasteiger partial charge in [-0.1, -0.05) is 35.9 Å². The van der Waals surface area contributed by atoms with Gasteiger partial charge in [0.05, 0.1) is 24.0 Å². The van der Waals surface area contributed by atoms with Crippen LogP contribution >= 0.6 is 11.6 Å². The number of amides is 1. The number of sulfonamides is 1. The van der Waals surface area contributed by atoms with E-state index in [1.165, 1.54) is 16.6 Å². The van der Waals surface area contributed by atoms with E-state index in [0.29, 0.717) is 42.6 Å². The molecule has 140 valence electrons. The molecule has 0 spiro atoms. The Hall–Kier alpha value is -1.87. The van der Waals surface area contributed by atoms with Gasteiger partial charge in [-0.15, -0.1) is 0 Å². The van der Waals surface area contributed by atoms with E-state index in [9.17, 15) is 13.2 Å². The summed E-state index contributed by atoms with van der Waals surface area (Å²) in [4.78, 5) is 14.9. The van der Waals surface area contributed by atoms with Crippen molar-refractivity contribution in [3.63, 3.8) is 0 Å². The number of nitrogens with zero attached hydrogens (tertiary/aromatic N) is 1. The maximum Gasteiger partial charge on any atom is 0.268 e. The molecule has 0 unspecified atom stereocenters. The summed E-state index contributed by atoms with van der Waals surface area (Å²) >= 11 is 5.80. The van der Waals surface area contributed by atoms with Gasteiger partial charge in [-0.25, -0.2) is 8.42 Å². The molecular weight excluding hydrogens is 378 g/mol. The molecule has 0 radical (unpaired) electrons. The molecule has 2 N–H and O–H groups in total. The number of H-pyrrole nitrogens is 1. The van der Waals surface area contributed by atoms with E-state index in [4.69, 9.17) is 16.3 Å².